The molecule has 1 fully saturated rings. The van der Waals surface area contributed by atoms with E-state index in [1.54, 1.807) is 4.90 Å². The lowest BCUT2D eigenvalue weighted by molar-refractivity contribution is -0.141. The molecule has 1 aliphatic heterocycles. The Balaban J connectivity index is 2.41. The van der Waals surface area contributed by atoms with Crippen molar-refractivity contribution < 1.29 is 18.3 Å². The van der Waals surface area contributed by atoms with Crippen molar-refractivity contribution in [2.75, 3.05) is 30.4 Å². The molecule has 1 aromatic rings. The van der Waals surface area contributed by atoms with E-state index >= 15 is 0 Å². The Morgan fingerprint density at radius 3 is 2.70 bits per heavy atom. The number of hydrogen-bond donors (Lipinski definition) is 2. The van der Waals surface area contributed by atoms with Crippen molar-refractivity contribution >= 4 is 11.8 Å². The summed E-state index contributed by atoms with van der Waals surface area (Å²) in [6, 6.07) is 0.720. The van der Waals surface area contributed by atoms with E-state index in [9.17, 15) is 18.3 Å². The molecule has 112 valence electrons. The normalized spacial score (nSPS) is 23.2. The number of anilines is 2. The highest BCUT2D eigenvalue weighted by Gasteiger charge is 2.36. The van der Waals surface area contributed by atoms with E-state index in [1.807, 2.05) is 6.92 Å². The quantitative estimate of drug-likeness (QED) is 0.888. The molecule has 0 bridgehead atoms. The molecule has 1 aliphatic rings. The first kappa shape index (κ1) is 14.8. The number of nitrogens with zero attached hydrogens (tertiary/aromatic N) is 3. The van der Waals surface area contributed by atoms with Crippen LogP contribution in [0.2, 0.25) is 0 Å². The van der Waals surface area contributed by atoms with Crippen LogP contribution >= 0.6 is 0 Å². The molecule has 5 nitrogen and oxygen atoms in total. The Morgan fingerprint density at radius 1 is 1.45 bits per heavy atom. The fraction of sp³-hybridized carbons (Fsp3) is 0.667. The van der Waals surface area contributed by atoms with Gasteiger partial charge in [0, 0.05) is 19.7 Å². The number of nitrogens with one attached hydrogen (secondary N) is 1. The maximum absolute atomic E-state index is 12.8. The second-order valence-corrected chi connectivity index (χ2v) is 4.89. The monoisotopic (exact) mass is 290 g/mol. The molecule has 0 radical (unpaired) electrons. The lowest BCUT2D eigenvalue weighted by atomic mass is 10.0. The Labute approximate surface area is 114 Å². The lowest BCUT2D eigenvalue weighted by Gasteiger charge is -2.27. The molecule has 1 saturated heterocycles. The number of aliphatic hydroxyl groups excluding tert-OH is 1. The number of hydrogen-bond acceptors (Lipinski definition) is 5. The van der Waals surface area contributed by atoms with Crippen molar-refractivity contribution in [3.05, 3.63) is 11.8 Å². The van der Waals surface area contributed by atoms with Gasteiger partial charge in [-0.2, -0.15) is 18.2 Å². The minimum absolute atomic E-state index is 0.0777. The SMILES string of the molecule is CNc1nc(N2CCC(C)C2CO)cc(C(F)(F)F)n1. The molecule has 20 heavy (non-hydrogen) atoms. The fourth-order valence-corrected chi connectivity index (χ4v) is 2.41. The predicted molar refractivity (Wildman–Crippen MR) is 68.6 cm³/mol. The maximum Gasteiger partial charge on any atom is 0.433 e. The van der Waals surface area contributed by atoms with Gasteiger partial charge in [0.25, 0.3) is 0 Å². The molecule has 0 aromatic carbocycles. The first-order chi connectivity index (χ1) is 9.36. The Morgan fingerprint density at radius 2 is 2.15 bits per heavy atom. The highest BCUT2D eigenvalue weighted by atomic mass is 19.4. The summed E-state index contributed by atoms with van der Waals surface area (Å²) in [4.78, 5) is 9.21. The fourth-order valence-electron chi connectivity index (χ4n) is 2.41. The third-order valence-corrected chi connectivity index (χ3v) is 3.59. The average molecular weight is 290 g/mol. The van der Waals surface area contributed by atoms with Crippen molar-refractivity contribution in [2.45, 2.75) is 25.6 Å². The summed E-state index contributed by atoms with van der Waals surface area (Å²) in [5.41, 5.74) is -0.983. The van der Waals surface area contributed by atoms with Crippen molar-refractivity contribution in [2.24, 2.45) is 5.92 Å². The van der Waals surface area contributed by atoms with Crippen molar-refractivity contribution in [3.63, 3.8) is 0 Å². The van der Waals surface area contributed by atoms with Gasteiger partial charge < -0.3 is 15.3 Å². The molecule has 0 amide bonds. The summed E-state index contributed by atoms with van der Waals surface area (Å²) in [7, 11) is 1.47. The number of rotatable bonds is 3. The van der Waals surface area contributed by atoms with Gasteiger partial charge in [0.05, 0.1) is 12.6 Å². The van der Waals surface area contributed by atoms with Gasteiger partial charge in [-0.15, -0.1) is 0 Å². The highest BCUT2D eigenvalue weighted by molar-refractivity contribution is 5.47. The Kier molecular flexibility index (Phi) is 4.03. The van der Waals surface area contributed by atoms with Crippen molar-refractivity contribution in [1.29, 1.82) is 0 Å². The number of aliphatic hydroxyl groups is 1. The van der Waals surface area contributed by atoms with E-state index in [-0.39, 0.29) is 30.3 Å². The molecule has 2 heterocycles. The van der Waals surface area contributed by atoms with Gasteiger partial charge in [-0.25, -0.2) is 4.98 Å². The minimum atomic E-state index is -4.52. The Bertz CT molecular complexity index is 480. The van der Waals surface area contributed by atoms with Gasteiger partial charge >= 0.3 is 6.18 Å². The smallest absolute Gasteiger partial charge is 0.394 e. The van der Waals surface area contributed by atoms with Crippen LogP contribution < -0.4 is 10.2 Å². The van der Waals surface area contributed by atoms with Gasteiger partial charge in [-0.1, -0.05) is 6.92 Å². The van der Waals surface area contributed by atoms with E-state index in [0.717, 1.165) is 12.5 Å². The largest absolute Gasteiger partial charge is 0.433 e. The second kappa shape index (κ2) is 5.43. The molecule has 2 rings (SSSR count). The van der Waals surface area contributed by atoms with Crippen LogP contribution in [0.1, 0.15) is 19.0 Å². The zero-order valence-electron chi connectivity index (χ0n) is 11.3. The molecular weight excluding hydrogens is 273 g/mol. The van der Waals surface area contributed by atoms with Crippen LogP contribution in [-0.2, 0) is 6.18 Å². The molecule has 2 unspecified atom stereocenters. The standard InChI is InChI=1S/C12H17F3N4O/c1-7-3-4-19(8(7)6-20)10-5-9(12(13,14)15)17-11(16-2)18-10/h5,7-8,20H,3-4,6H2,1-2H3,(H,16,17,18). The lowest BCUT2D eigenvalue weighted by Crippen LogP contribution is -2.36. The molecule has 0 spiro atoms. The van der Waals surface area contributed by atoms with Crippen LogP contribution in [0.3, 0.4) is 0 Å². The van der Waals surface area contributed by atoms with Crippen LogP contribution in [0.5, 0.6) is 0 Å². The van der Waals surface area contributed by atoms with Crippen LogP contribution in [-0.4, -0.2) is 41.3 Å². The van der Waals surface area contributed by atoms with Crippen molar-refractivity contribution in [3.8, 4) is 0 Å². The van der Waals surface area contributed by atoms with Gasteiger partial charge in [0.1, 0.15) is 5.82 Å². The maximum atomic E-state index is 12.8. The summed E-state index contributed by atoms with van der Waals surface area (Å²) in [5.74, 6) is 0.327. The van der Waals surface area contributed by atoms with Crippen LogP contribution in [0.4, 0.5) is 24.9 Å². The molecule has 1 aromatic heterocycles. The topological polar surface area (TPSA) is 61.3 Å². The zero-order chi connectivity index (χ0) is 14.9. The first-order valence-corrected chi connectivity index (χ1v) is 6.38. The molecule has 8 heteroatoms. The molecular formula is C12H17F3N4O. The number of halogens is 3. The third-order valence-electron chi connectivity index (χ3n) is 3.59. The van der Waals surface area contributed by atoms with E-state index in [0.29, 0.717) is 6.54 Å². The molecule has 0 aliphatic carbocycles. The van der Waals surface area contributed by atoms with E-state index in [4.69, 9.17) is 0 Å². The second-order valence-electron chi connectivity index (χ2n) is 4.89. The third kappa shape index (κ3) is 2.79. The predicted octanol–water partition coefficient (Wildman–Crippen LogP) is 1.74. The van der Waals surface area contributed by atoms with E-state index in [1.165, 1.54) is 7.05 Å². The summed E-state index contributed by atoms with van der Waals surface area (Å²) in [5, 5.41) is 11.9. The number of aromatic nitrogens is 2. The molecule has 0 saturated carbocycles. The van der Waals surface area contributed by atoms with Gasteiger partial charge in [0.2, 0.25) is 5.95 Å². The zero-order valence-corrected chi connectivity index (χ0v) is 11.3. The summed E-state index contributed by atoms with van der Waals surface area (Å²) in [6.45, 7) is 2.43. The first-order valence-electron chi connectivity index (χ1n) is 6.38. The van der Waals surface area contributed by atoms with Crippen LogP contribution in [0.15, 0.2) is 6.07 Å². The van der Waals surface area contributed by atoms with E-state index in [2.05, 4.69) is 15.3 Å². The van der Waals surface area contributed by atoms with Gasteiger partial charge in [-0.3, -0.25) is 0 Å². The Hall–Kier alpha value is -1.57. The van der Waals surface area contributed by atoms with Gasteiger partial charge in [0.15, 0.2) is 5.69 Å². The minimum Gasteiger partial charge on any atom is -0.394 e. The summed E-state index contributed by atoms with van der Waals surface area (Å²) in [6.07, 6.45) is -3.71. The van der Waals surface area contributed by atoms with Gasteiger partial charge in [-0.05, 0) is 12.3 Å². The van der Waals surface area contributed by atoms with Crippen LogP contribution in [0, 0.1) is 5.92 Å². The molecule has 2 atom stereocenters. The van der Waals surface area contributed by atoms with Crippen molar-refractivity contribution in [1.82, 2.24) is 9.97 Å². The molecule has 2 N–H and O–H groups in total. The van der Waals surface area contributed by atoms with E-state index < -0.39 is 11.9 Å². The number of alkyl halides is 3. The summed E-state index contributed by atoms with van der Waals surface area (Å²) >= 11 is 0. The summed E-state index contributed by atoms with van der Waals surface area (Å²) < 4.78 is 38.5. The average Bonchev–Trinajstić information content (AvgIpc) is 2.78. The van der Waals surface area contributed by atoms with Crippen LogP contribution in [0.25, 0.3) is 0 Å². The highest BCUT2D eigenvalue weighted by Crippen LogP contribution is 2.33.